The molecule has 33 heavy (non-hydrogen) atoms. The molecule has 9 nitrogen and oxygen atoms in total. The molecule has 0 aliphatic carbocycles. The van der Waals surface area contributed by atoms with E-state index in [1.807, 2.05) is 19.1 Å². The van der Waals surface area contributed by atoms with Crippen molar-refractivity contribution in [3.05, 3.63) is 60.6 Å². The van der Waals surface area contributed by atoms with E-state index < -0.39 is 16.6 Å². The van der Waals surface area contributed by atoms with Crippen molar-refractivity contribution in [3.63, 3.8) is 0 Å². The van der Waals surface area contributed by atoms with Crippen LogP contribution in [0.25, 0.3) is 22.1 Å². The first-order valence-electron chi connectivity index (χ1n) is 9.86. The van der Waals surface area contributed by atoms with E-state index >= 15 is 0 Å². The summed E-state index contributed by atoms with van der Waals surface area (Å²) in [5.41, 5.74) is 3.51. The van der Waals surface area contributed by atoms with Crippen molar-refractivity contribution in [1.29, 1.82) is 0 Å². The Morgan fingerprint density at radius 1 is 1.09 bits per heavy atom. The molecule has 3 heterocycles. The summed E-state index contributed by atoms with van der Waals surface area (Å²) in [5, 5.41) is 3.42. The van der Waals surface area contributed by atoms with E-state index in [2.05, 4.69) is 30.2 Å². The molecule has 2 aromatic carbocycles. The van der Waals surface area contributed by atoms with E-state index in [0.29, 0.717) is 39.4 Å². The summed E-state index contributed by atoms with van der Waals surface area (Å²) in [5.74, 6) is 1.00. The largest absolute Gasteiger partial charge is 0.457 e. The number of aromatic nitrogens is 6. The van der Waals surface area contributed by atoms with Gasteiger partial charge in [-0.25, -0.2) is 29.3 Å². The summed E-state index contributed by atoms with van der Waals surface area (Å²) in [4.78, 5) is 21.0. The van der Waals surface area contributed by atoms with Gasteiger partial charge in [0.2, 0.25) is 5.16 Å². The molecule has 1 atom stereocenters. The molecule has 1 unspecified atom stereocenters. The van der Waals surface area contributed by atoms with E-state index in [4.69, 9.17) is 4.74 Å². The minimum absolute atomic E-state index is 0.206. The van der Waals surface area contributed by atoms with Crippen LogP contribution in [-0.4, -0.2) is 40.0 Å². The highest BCUT2D eigenvalue weighted by Crippen LogP contribution is 2.31. The van der Waals surface area contributed by atoms with Crippen LogP contribution in [0.2, 0.25) is 0 Å². The Hall–Kier alpha value is -3.99. The number of halogens is 1. The first-order valence-corrected chi connectivity index (χ1v) is 11.4. The Kier molecular flexibility index (Phi) is 5.17. The number of hydrogen-bond donors (Lipinski definition) is 1. The van der Waals surface area contributed by atoms with Crippen LogP contribution in [0.5, 0.6) is 11.5 Å². The van der Waals surface area contributed by atoms with Crippen molar-refractivity contribution in [3.8, 4) is 11.5 Å². The van der Waals surface area contributed by atoms with Gasteiger partial charge >= 0.3 is 0 Å². The van der Waals surface area contributed by atoms with E-state index in [-0.39, 0.29) is 5.16 Å². The lowest BCUT2D eigenvalue weighted by atomic mass is 10.2. The van der Waals surface area contributed by atoms with Crippen LogP contribution >= 0.6 is 0 Å². The number of nitrogens with zero attached hydrogens (tertiary/aromatic N) is 6. The summed E-state index contributed by atoms with van der Waals surface area (Å²) in [6.07, 6.45) is 6.00. The molecule has 0 radical (unpaired) electrons. The molecular weight excluding hydrogens is 445 g/mol. The summed E-state index contributed by atoms with van der Waals surface area (Å²) in [6.45, 7) is 1.88. The van der Waals surface area contributed by atoms with Gasteiger partial charge in [0, 0.05) is 31.1 Å². The van der Waals surface area contributed by atoms with Gasteiger partial charge in [-0.1, -0.05) is 0 Å². The van der Waals surface area contributed by atoms with Gasteiger partial charge in [0.25, 0.3) is 0 Å². The summed E-state index contributed by atoms with van der Waals surface area (Å²) in [6, 6.07) is 8.51. The molecule has 0 bridgehead atoms. The SMILES string of the molecule is Cc1cc(Nc2ncnc3cnc(S(C)=O)nc23)ccc1Oc1cc(F)c2c(c1)ncn2C. The maximum Gasteiger partial charge on any atom is 0.218 e. The molecule has 0 amide bonds. The Morgan fingerprint density at radius 2 is 1.94 bits per heavy atom. The molecule has 3 aromatic heterocycles. The Bertz CT molecular complexity index is 1550. The van der Waals surface area contributed by atoms with Gasteiger partial charge in [-0.2, -0.15) is 0 Å². The molecule has 11 heteroatoms. The molecule has 166 valence electrons. The number of aryl methyl sites for hydroxylation is 2. The number of benzene rings is 2. The van der Waals surface area contributed by atoms with Gasteiger partial charge in [-0.3, -0.25) is 4.21 Å². The predicted octanol–water partition coefficient (Wildman–Crippen LogP) is 4.03. The third-order valence-electron chi connectivity index (χ3n) is 5.02. The van der Waals surface area contributed by atoms with E-state index in [0.717, 1.165) is 11.3 Å². The second-order valence-electron chi connectivity index (χ2n) is 7.40. The van der Waals surface area contributed by atoms with Crippen LogP contribution < -0.4 is 10.1 Å². The van der Waals surface area contributed by atoms with Crippen molar-refractivity contribution in [2.24, 2.45) is 7.05 Å². The lowest BCUT2D eigenvalue weighted by molar-refractivity contribution is 0.474. The minimum atomic E-state index is -1.33. The molecule has 5 rings (SSSR count). The summed E-state index contributed by atoms with van der Waals surface area (Å²) in [7, 11) is 0.410. The number of hydrogen-bond acceptors (Lipinski definition) is 8. The molecule has 0 saturated heterocycles. The standard InChI is InChI=1S/C22H18FN7O2S/c1-12-6-13(28-21-19-17(25-10-26-21)9-24-22(29-19)33(3)31)4-5-18(12)32-14-7-15(23)20-16(8-14)27-11-30(20)2/h4-11H,1-3H3,(H,25,26,28). The van der Waals surface area contributed by atoms with Crippen molar-refractivity contribution < 1.29 is 13.3 Å². The van der Waals surface area contributed by atoms with Crippen LogP contribution in [-0.2, 0) is 17.8 Å². The van der Waals surface area contributed by atoms with Crippen molar-refractivity contribution in [2.45, 2.75) is 12.1 Å². The van der Waals surface area contributed by atoms with Crippen LogP contribution in [0.15, 0.2) is 54.3 Å². The zero-order valence-corrected chi connectivity index (χ0v) is 18.7. The second-order valence-corrected chi connectivity index (χ2v) is 8.67. The average Bonchev–Trinajstić information content (AvgIpc) is 3.16. The van der Waals surface area contributed by atoms with Crippen LogP contribution in [0.3, 0.4) is 0 Å². The van der Waals surface area contributed by atoms with Crippen molar-refractivity contribution in [1.82, 2.24) is 29.5 Å². The number of rotatable bonds is 5. The maximum atomic E-state index is 14.5. The zero-order chi connectivity index (χ0) is 23.1. The minimum Gasteiger partial charge on any atom is -0.457 e. The lowest BCUT2D eigenvalue weighted by Gasteiger charge is -2.12. The fourth-order valence-electron chi connectivity index (χ4n) is 3.45. The van der Waals surface area contributed by atoms with Gasteiger partial charge in [-0.05, 0) is 30.7 Å². The molecule has 0 aliphatic heterocycles. The highest BCUT2D eigenvalue weighted by Gasteiger charge is 2.13. The maximum absolute atomic E-state index is 14.5. The lowest BCUT2D eigenvalue weighted by Crippen LogP contribution is -2.02. The second kappa shape index (κ2) is 8.17. The monoisotopic (exact) mass is 463 g/mol. The smallest absolute Gasteiger partial charge is 0.218 e. The van der Waals surface area contributed by atoms with Gasteiger partial charge in [-0.15, -0.1) is 0 Å². The summed E-state index contributed by atoms with van der Waals surface area (Å²) >= 11 is 0. The number of ether oxygens (including phenoxy) is 1. The van der Waals surface area contributed by atoms with E-state index in [9.17, 15) is 8.60 Å². The van der Waals surface area contributed by atoms with Crippen molar-refractivity contribution >= 4 is 44.4 Å². The number of anilines is 2. The molecule has 0 spiro atoms. The molecular formula is C22H18FN7O2S. The van der Waals surface area contributed by atoms with Gasteiger partial charge in [0.15, 0.2) is 11.6 Å². The van der Waals surface area contributed by atoms with Crippen molar-refractivity contribution in [2.75, 3.05) is 11.6 Å². The first-order chi connectivity index (χ1) is 15.9. The van der Waals surface area contributed by atoms with Gasteiger partial charge in [0.05, 0.1) is 28.8 Å². The zero-order valence-electron chi connectivity index (χ0n) is 17.9. The number of imidazole rings is 1. The van der Waals surface area contributed by atoms with Crippen LogP contribution in [0, 0.1) is 12.7 Å². The van der Waals surface area contributed by atoms with Crippen LogP contribution in [0.4, 0.5) is 15.9 Å². The Labute approximate surface area is 190 Å². The third-order valence-corrected chi connectivity index (χ3v) is 5.73. The molecule has 0 aliphatic rings. The summed E-state index contributed by atoms with van der Waals surface area (Å²) < 4.78 is 33.8. The predicted molar refractivity (Wildman–Crippen MR) is 123 cm³/mol. The fourth-order valence-corrected chi connectivity index (χ4v) is 3.87. The average molecular weight is 463 g/mol. The highest BCUT2D eigenvalue weighted by atomic mass is 32.2. The first kappa shape index (κ1) is 20.9. The van der Waals surface area contributed by atoms with E-state index in [1.54, 1.807) is 30.1 Å². The quantitative estimate of drug-likeness (QED) is 0.389. The molecule has 5 aromatic rings. The van der Waals surface area contributed by atoms with Crippen LogP contribution in [0.1, 0.15) is 5.56 Å². The Morgan fingerprint density at radius 3 is 2.73 bits per heavy atom. The molecule has 0 fully saturated rings. The topological polar surface area (TPSA) is 108 Å². The molecule has 0 saturated carbocycles. The fraction of sp³-hybridized carbons (Fsp3) is 0.136. The Balaban J connectivity index is 1.43. The van der Waals surface area contributed by atoms with Gasteiger partial charge in [0.1, 0.15) is 34.4 Å². The molecule has 1 N–H and O–H groups in total. The van der Waals surface area contributed by atoms with Gasteiger partial charge < -0.3 is 14.6 Å². The number of fused-ring (bicyclic) bond motifs is 2. The third kappa shape index (κ3) is 3.98. The highest BCUT2D eigenvalue weighted by molar-refractivity contribution is 7.84. The van der Waals surface area contributed by atoms with E-state index in [1.165, 1.54) is 24.8 Å². The normalized spacial score (nSPS) is 12.2. The number of nitrogens with one attached hydrogen (secondary N) is 1.